The number of carbonyl (C=O) groups excluding carboxylic acids is 2. The molecule has 0 saturated heterocycles. The summed E-state index contributed by atoms with van der Waals surface area (Å²) in [5, 5.41) is 8.94. The Morgan fingerprint density at radius 3 is 2.47 bits per heavy atom. The number of thiazole rings is 1. The van der Waals surface area contributed by atoms with Gasteiger partial charge in [-0.3, -0.25) is 4.79 Å². The molecule has 0 radical (unpaired) electrons. The highest BCUT2D eigenvalue weighted by Gasteiger charge is 2.24. The van der Waals surface area contributed by atoms with E-state index in [0.717, 1.165) is 33.3 Å². The van der Waals surface area contributed by atoms with Gasteiger partial charge >= 0.3 is 6.09 Å². The van der Waals surface area contributed by atoms with Gasteiger partial charge in [-0.15, -0.1) is 11.3 Å². The number of fused-ring (bicyclic) bond motifs is 1. The Balaban J connectivity index is 1.31. The van der Waals surface area contributed by atoms with Crippen LogP contribution in [0.4, 0.5) is 9.93 Å². The molecular formula is C28H24N4O3S. The Kier molecular flexibility index (Phi) is 7.05. The first-order chi connectivity index (χ1) is 17.7. The Bertz CT molecular complexity index is 1460. The zero-order chi connectivity index (χ0) is 24.7. The number of nitrogens with one attached hydrogen (secondary N) is 3. The molecule has 180 valence electrons. The largest absolute Gasteiger partial charge is 0.445 e. The lowest BCUT2D eigenvalue weighted by Gasteiger charge is -2.17. The van der Waals surface area contributed by atoms with Crippen LogP contribution < -0.4 is 10.6 Å². The SMILES string of the molecule is O=C(NC(Cc1c[nH]c2ccccc12)C(=O)Nc1nc(-c2ccccc2)cs1)OCc1ccccc1. The Morgan fingerprint density at radius 1 is 0.944 bits per heavy atom. The van der Waals surface area contributed by atoms with Crippen LogP contribution in [0.3, 0.4) is 0 Å². The van der Waals surface area contributed by atoms with Gasteiger partial charge in [-0.05, 0) is 17.2 Å². The molecule has 0 bridgehead atoms. The molecule has 0 aliphatic rings. The van der Waals surface area contributed by atoms with Crippen molar-refractivity contribution in [2.24, 2.45) is 0 Å². The monoisotopic (exact) mass is 496 g/mol. The third kappa shape index (κ3) is 5.61. The Labute approximate surface area is 212 Å². The summed E-state index contributed by atoms with van der Waals surface area (Å²) in [6.45, 7) is 0.112. The number of para-hydroxylation sites is 1. The predicted octanol–water partition coefficient (Wildman–Crippen LogP) is 5.77. The molecule has 8 heteroatoms. The van der Waals surface area contributed by atoms with E-state index in [0.29, 0.717) is 5.13 Å². The summed E-state index contributed by atoms with van der Waals surface area (Å²) < 4.78 is 5.38. The number of anilines is 1. The first kappa shape index (κ1) is 23.3. The summed E-state index contributed by atoms with van der Waals surface area (Å²) in [5.41, 5.74) is 4.48. The van der Waals surface area contributed by atoms with Crippen molar-refractivity contribution in [2.75, 3.05) is 5.32 Å². The number of aromatic amines is 1. The van der Waals surface area contributed by atoms with E-state index in [4.69, 9.17) is 4.74 Å². The van der Waals surface area contributed by atoms with Gasteiger partial charge in [0.25, 0.3) is 0 Å². The molecule has 5 rings (SSSR count). The fourth-order valence-electron chi connectivity index (χ4n) is 3.90. The summed E-state index contributed by atoms with van der Waals surface area (Å²) in [4.78, 5) is 33.7. The average molecular weight is 497 g/mol. The lowest BCUT2D eigenvalue weighted by molar-refractivity contribution is -0.118. The minimum absolute atomic E-state index is 0.112. The smallest absolute Gasteiger partial charge is 0.408 e. The average Bonchev–Trinajstić information content (AvgIpc) is 3.55. The number of rotatable bonds is 8. The molecule has 5 aromatic rings. The number of benzene rings is 3. The first-order valence-electron chi connectivity index (χ1n) is 11.5. The molecular weight excluding hydrogens is 472 g/mol. The van der Waals surface area contributed by atoms with Gasteiger partial charge in [0.15, 0.2) is 5.13 Å². The molecule has 1 atom stereocenters. The van der Waals surface area contributed by atoms with Crippen LogP contribution >= 0.6 is 11.3 Å². The maximum Gasteiger partial charge on any atom is 0.408 e. The van der Waals surface area contributed by atoms with E-state index in [2.05, 4.69) is 20.6 Å². The second kappa shape index (κ2) is 10.9. The molecule has 0 spiro atoms. The van der Waals surface area contributed by atoms with Crippen molar-refractivity contribution in [2.45, 2.75) is 19.1 Å². The maximum absolute atomic E-state index is 13.3. The molecule has 7 nitrogen and oxygen atoms in total. The van der Waals surface area contributed by atoms with Gasteiger partial charge in [0.05, 0.1) is 5.69 Å². The number of aromatic nitrogens is 2. The minimum Gasteiger partial charge on any atom is -0.445 e. The van der Waals surface area contributed by atoms with Gasteiger partial charge in [-0.25, -0.2) is 9.78 Å². The fraction of sp³-hybridized carbons (Fsp3) is 0.107. The predicted molar refractivity (Wildman–Crippen MR) is 142 cm³/mol. The van der Waals surface area contributed by atoms with E-state index in [1.165, 1.54) is 11.3 Å². The quantitative estimate of drug-likeness (QED) is 0.254. The lowest BCUT2D eigenvalue weighted by Crippen LogP contribution is -2.45. The zero-order valence-electron chi connectivity index (χ0n) is 19.3. The normalized spacial score (nSPS) is 11.7. The third-order valence-electron chi connectivity index (χ3n) is 5.72. The molecule has 36 heavy (non-hydrogen) atoms. The summed E-state index contributed by atoms with van der Waals surface area (Å²) in [6.07, 6.45) is 1.48. The summed E-state index contributed by atoms with van der Waals surface area (Å²) in [5.74, 6) is -0.370. The summed E-state index contributed by atoms with van der Waals surface area (Å²) in [6, 6.07) is 26.1. The molecule has 3 aromatic carbocycles. The van der Waals surface area contributed by atoms with Crippen LogP contribution in [0.25, 0.3) is 22.2 Å². The summed E-state index contributed by atoms with van der Waals surface area (Å²) in [7, 11) is 0. The highest BCUT2D eigenvalue weighted by atomic mass is 32.1. The number of H-pyrrole nitrogens is 1. The van der Waals surface area contributed by atoms with E-state index < -0.39 is 12.1 Å². The minimum atomic E-state index is -0.864. The topological polar surface area (TPSA) is 96.1 Å². The van der Waals surface area contributed by atoms with Gasteiger partial charge in [0.2, 0.25) is 5.91 Å². The van der Waals surface area contributed by atoms with Crippen LogP contribution in [0.15, 0.2) is 96.5 Å². The van der Waals surface area contributed by atoms with Crippen molar-refractivity contribution < 1.29 is 14.3 Å². The number of amides is 2. The van der Waals surface area contributed by atoms with E-state index in [1.807, 2.05) is 96.5 Å². The molecule has 0 fully saturated rings. The zero-order valence-corrected chi connectivity index (χ0v) is 20.1. The number of hydrogen-bond donors (Lipinski definition) is 3. The maximum atomic E-state index is 13.3. The summed E-state index contributed by atoms with van der Waals surface area (Å²) >= 11 is 1.33. The molecule has 0 aliphatic carbocycles. The second-order valence-electron chi connectivity index (χ2n) is 8.22. The van der Waals surface area contributed by atoms with Gasteiger partial charge < -0.3 is 20.4 Å². The van der Waals surface area contributed by atoms with E-state index in [9.17, 15) is 9.59 Å². The number of alkyl carbamates (subject to hydrolysis) is 1. The lowest BCUT2D eigenvalue weighted by atomic mass is 10.0. The van der Waals surface area contributed by atoms with E-state index in [-0.39, 0.29) is 18.9 Å². The van der Waals surface area contributed by atoms with Crippen molar-refractivity contribution in [3.8, 4) is 11.3 Å². The first-order valence-corrected chi connectivity index (χ1v) is 12.4. The fourth-order valence-corrected chi connectivity index (χ4v) is 4.62. The molecule has 2 heterocycles. The van der Waals surface area contributed by atoms with Crippen molar-refractivity contribution in [1.82, 2.24) is 15.3 Å². The number of nitrogens with zero attached hydrogens (tertiary/aromatic N) is 1. The van der Waals surface area contributed by atoms with E-state index >= 15 is 0 Å². The van der Waals surface area contributed by atoms with Crippen molar-refractivity contribution in [3.63, 3.8) is 0 Å². The van der Waals surface area contributed by atoms with Crippen LogP contribution in [0.2, 0.25) is 0 Å². The number of ether oxygens (including phenoxy) is 1. The second-order valence-corrected chi connectivity index (χ2v) is 9.07. The highest BCUT2D eigenvalue weighted by Crippen LogP contribution is 2.25. The van der Waals surface area contributed by atoms with Gasteiger partial charge in [0.1, 0.15) is 12.6 Å². The van der Waals surface area contributed by atoms with Crippen LogP contribution in [0.5, 0.6) is 0 Å². The Hall–Kier alpha value is -4.43. The highest BCUT2D eigenvalue weighted by molar-refractivity contribution is 7.14. The van der Waals surface area contributed by atoms with Crippen LogP contribution in [-0.4, -0.2) is 28.0 Å². The van der Waals surface area contributed by atoms with Gasteiger partial charge in [-0.2, -0.15) is 0 Å². The van der Waals surface area contributed by atoms with Gasteiger partial charge in [-0.1, -0.05) is 78.9 Å². The van der Waals surface area contributed by atoms with Gasteiger partial charge in [0, 0.05) is 34.5 Å². The number of hydrogen-bond acceptors (Lipinski definition) is 5. The molecule has 3 N–H and O–H groups in total. The van der Waals surface area contributed by atoms with Crippen molar-refractivity contribution in [1.29, 1.82) is 0 Å². The van der Waals surface area contributed by atoms with Crippen LogP contribution in [0.1, 0.15) is 11.1 Å². The standard InChI is InChI=1S/C28H24N4O3S/c33-26(32-27-30-25(18-36-27)20-11-5-2-6-12-20)24(15-21-16-29-23-14-8-7-13-22(21)23)31-28(34)35-17-19-9-3-1-4-10-19/h1-14,16,18,24,29H,15,17H2,(H,31,34)(H,30,32,33). The van der Waals surface area contributed by atoms with Crippen LogP contribution in [-0.2, 0) is 22.6 Å². The van der Waals surface area contributed by atoms with Crippen LogP contribution in [0, 0.1) is 0 Å². The molecule has 2 aromatic heterocycles. The molecule has 0 saturated carbocycles. The Morgan fingerprint density at radius 2 is 1.67 bits per heavy atom. The third-order valence-corrected chi connectivity index (χ3v) is 6.48. The van der Waals surface area contributed by atoms with Crippen molar-refractivity contribution >= 4 is 39.4 Å². The molecule has 2 amide bonds. The molecule has 0 aliphatic heterocycles. The number of carbonyl (C=O) groups is 2. The van der Waals surface area contributed by atoms with Crippen molar-refractivity contribution in [3.05, 3.63) is 108 Å². The van der Waals surface area contributed by atoms with E-state index in [1.54, 1.807) is 0 Å². The molecule has 1 unspecified atom stereocenters.